The first-order chi connectivity index (χ1) is 12.2. The average Bonchev–Trinajstić information content (AvgIpc) is 3.24. The second kappa shape index (κ2) is 7.03. The molecular weight excluding hydrogens is 356 g/mol. The van der Waals surface area contributed by atoms with Gasteiger partial charge in [0.2, 0.25) is 5.91 Å². The van der Waals surface area contributed by atoms with Crippen LogP contribution in [0.25, 0.3) is 10.2 Å². The van der Waals surface area contributed by atoms with Gasteiger partial charge in [-0.3, -0.25) is 9.69 Å². The number of carbonyl (C=O) groups excluding carboxylic acids is 1. The summed E-state index contributed by atoms with van der Waals surface area (Å²) in [5, 5.41) is 8.62. The topological polar surface area (TPSA) is 74.2 Å². The van der Waals surface area contributed by atoms with E-state index in [4.69, 9.17) is 0 Å². The minimum atomic E-state index is -0.0842. The van der Waals surface area contributed by atoms with Gasteiger partial charge in [0.05, 0.1) is 11.1 Å². The van der Waals surface area contributed by atoms with E-state index in [1.165, 1.54) is 18.3 Å². The van der Waals surface area contributed by atoms with Gasteiger partial charge in [-0.15, -0.1) is 22.7 Å². The number of hydrogen-bond acceptors (Lipinski definition) is 8. The van der Waals surface area contributed by atoms with Crippen LogP contribution in [0.2, 0.25) is 0 Å². The first-order valence-electron chi connectivity index (χ1n) is 8.06. The van der Waals surface area contributed by atoms with Crippen LogP contribution in [0.15, 0.2) is 23.2 Å². The van der Waals surface area contributed by atoms with E-state index in [2.05, 4.69) is 41.5 Å². The third-order valence-electron chi connectivity index (χ3n) is 4.13. The van der Waals surface area contributed by atoms with Gasteiger partial charge < -0.3 is 10.2 Å². The number of fused-ring (bicyclic) bond motifs is 1. The Bertz CT molecular complexity index is 884. The molecule has 1 N–H and O–H groups in total. The molecule has 1 saturated heterocycles. The molecule has 0 unspecified atom stereocenters. The lowest BCUT2D eigenvalue weighted by Crippen LogP contribution is -2.46. The van der Waals surface area contributed by atoms with Crippen LogP contribution in [-0.4, -0.2) is 51.9 Å². The number of nitrogens with zero attached hydrogens (tertiary/aromatic N) is 5. The van der Waals surface area contributed by atoms with Crippen LogP contribution >= 0.6 is 22.7 Å². The number of carbonyl (C=O) groups is 1. The van der Waals surface area contributed by atoms with Crippen molar-refractivity contribution in [1.82, 2.24) is 19.9 Å². The Morgan fingerprint density at radius 1 is 1.24 bits per heavy atom. The Balaban J connectivity index is 1.37. The lowest BCUT2D eigenvalue weighted by atomic mass is 10.2. The molecule has 0 bridgehead atoms. The number of nitrogens with one attached hydrogen (secondary N) is 1. The van der Waals surface area contributed by atoms with E-state index in [-0.39, 0.29) is 5.91 Å². The Morgan fingerprint density at radius 3 is 2.88 bits per heavy atom. The highest BCUT2D eigenvalue weighted by molar-refractivity contribution is 7.16. The van der Waals surface area contributed by atoms with Crippen molar-refractivity contribution in [1.29, 1.82) is 0 Å². The van der Waals surface area contributed by atoms with Crippen molar-refractivity contribution in [2.24, 2.45) is 0 Å². The fourth-order valence-electron chi connectivity index (χ4n) is 2.96. The van der Waals surface area contributed by atoms with Gasteiger partial charge in [-0.1, -0.05) is 0 Å². The minimum absolute atomic E-state index is 0.0842. The van der Waals surface area contributed by atoms with Gasteiger partial charge in [-0.2, -0.15) is 0 Å². The zero-order chi connectivity index (χ0) is 17.2. The summed E-state index contributed by atoms with van der Waals surface area (Å²) in [6.45, 7) is 6.10. The molecule has 0 spiro atoms. The predicted molar refractivity (Wildman–Crippen MR) is 101 cm³/mol. The quantitative estimate of drug-likeness (QED) is 0.756. The molecule has 7 nitrogen and oxygen atoms in total. The van der Waals surface area contributed by atoms with Crippen molar-refractivity contribution in [3.05, 3.63) is 28.8 Å². The molecule has 3 aromatic heterocycles. The molecule has 4 rings (SSSR count). The first kappa shape index (κ1) is 16.4. The second-order valence-corrected chi connectivity index (χ2v) is 7.68. The lowest BCUT2D eigenvalue weighted by molar-refractivity contribution is -0.114. The van der Waals surface area contributed by atoms with Gasteiger partial charge in [0.25, 0.3) is 0 Å². The van der Waals surface area contributed by atoms with Gasteiger partial charge in [0.1, 0.15) is 17.0 Å². The zero-order valence-corrected chi connectivity index (χ0v) is 15.4. The molecule has 0 saturated carbocycles. The highest BCUT2D eigenvalue weighted by Crippen LogP contribution is 2.27. The molecule has 25 heavy (non-hydrogen) atoms. The van der Waals surface area contributed by atoms with Crippen LogP contribution in [0.3, 0.4) is 0 Å². The molecule has 0 aliphatic carbocycles. The molecule has 1 amide bonds. The van der Waals surface area contributed by atoms with Crippen molar-refractivity contribution in [3.63, 3.8) is 0 Å². The summed E-state index contributed by atoms with van der Waals surface area (Å²) < 4.78 is 0. The number of amides is 1. The summed E-state index contributed by atoms with van der Waals surface area (Å²) in [7, 11) is 0. The number of rotatable bonds is 4. The van der Waals surface area contributed by atoms with Gasteiger partial charge >= 0.3 is 0 Å². The van der Waals surface area contributed by atoms with Crippen molar-refractivity contribution < 1.29 is 4.79 Å². The van der Waals surface area contributed by atoms with E-state index in [9.17, 15) is 4.79 Å². The highest BCUT2D eigenvalue weighted by Gasteiger charge is 2.21. The van der Waals surface area contributed by atoms with Crippen molar-refractivity contribution in [3.8, 4) is 0 Å². The highest BCUT2D eigenvalue weighted by atomic mass is 32.1. The maximum absolute atomic E-state index is 11.1. The van der Waals surface area contributed by atoms with Crippen LogP contribution in [0.1, 0.15) is 12.6 Å². The van der Waals surface area contributed by atoms with Crippen LogP contribution in [0.4, 0.5) is 10.9 Å². The van der Waals surface area contributed by atoms with Gasteiger partial charge in [-0.05, 0) is 11.4 Å². The zero-order valence-electron chi connectivity index (χ0n) is 13.8. The third kappa shape index (κ3) is 3.63. The molecule has 0 atom stereocenters. The fraction of sp³-hybridized carbons (Fsp3) is 0.375. The summed E-state index contributed by atoms with van der Waals surface area (Å²) in [6, 6.07) is 2.10. The standard InChI is InChI=1S/C16H18N6OS2/c1-11(23)19-16-20-12(9-25-16)8-21-3-5-22(6-4-21)14-13-2-7-24-15(13)18-10-17-14/h2,7,9-10H,3-6,8H2,1H3,(H,19,20,23). The van der Waals surface area contributed by atoms with E-state index < -0.39 is 0 Å². The number of anilines is 2. The molecule has 4 heterocycles. The largest absolute Gasteiger partial charge is 0.353 e. The summed E-state index contributed by atoms with van der Waals surface area (Å²) in [5.74, 6) is 0.951. The SMILES string of the molecule is CC(=O)Nc1nc(CN2CCN(c3ncnc4sccc34)CC2)cs1. The number of thiophene rings is 1. The van der Waals surface area contributed by atoms with Crippen molar-refractivity contribution in [2.45, 2.75) is 13.5 Å². The van der Waals surface area contributed by atoms with Crippen molar-refractivity contribution >= 4 is 49.7 Å². The monoisotopic (exact) mass is 374 g/mol. The van der Waals surface area contributed by atoms with Crippen LogP contribution < -0.4 is 10.2 Å². The van der Waals surface area contributed by atoms with Gasteiger partial charge in [0.15, 0.2) is 5.13 Å². The Morgan fingerprint density at radius 2 is 2.08 bits per heavy atom. The Hall–Kier alpha value is -2.10. The Labute approximate surface area is 153 Å². The van der Waals surface area contributed by atoms with Gasteiger partial charge in [0, 0.05) is 45.0 Å². The molecular formula is C16H18N6OS2. The van der Waals surface area contributed by atoms with Crippen LogP contribution in [-0.2, 0) is 11.3 Å². The number of piperazine rings is 1. The lowest BCUT2D eigenvalue weighted by Gasteiger charge is -2.35. The Kier molecular flexibility index (Phi) is 4.60. The van der Waals surface area contributed by atoms with E-state index in [1.807, 2.05) is 5.38 Å². The molecule has 1 fully saturated rings. The molecule has 1 aliphatic rings. The normalized spacial score (nSPS) is 15.6. The smallest absolute Gasteiger partial charge is 0.223 e. The molecule has 0 aromatic carbocycles. The van der Waals surface area contributed by atoms with E-state index in [1.54, 1.807) is 17.7 Å². The number of aromatic nitrogens is 3. The average molecular weight is 374 g/mol. The second-order valence-electron chi connectivity index (χ2n) is 5.93. The molecule has 9 heteroatoms. The van der Waals surface area contributed by atoms with Crippen LogP contribution in [0, 0.1) is 0 Å². The first-order valence-corrected chi connectivity index (χ1v) is 9.82. The molecule has 130 valence electrons. The predicted octanol–water partition coefficient (Wildman–Crippen LogP) is 2.43. The summed E-state index contributed by atoms with van der Waals surface area (Å²) in [6.07, 6.45) is 1.65. The third-order valence-corrected chi connectivity index (χ3v) is 5.76. The van der Waals surface area contributed by atoms with Gasteiger partial charge in [-0.25, -0.2) is 15.0 Å². The van der Waals surface area contributed by atoms with E-state index in [0.717, 1.165) is 54.5 Å². The minimum Gasteiger partial charge on any atom is -0.353 e. The summed E-state index contributed by atoms with van der Waals surface area (Å²) in [5.41, 5.74) is 1.00. The van der Waals surface area contributed by atoms with Crippen molar-refractivity contribution in [2.75, 3.05) is 36.4 Å². The van der Waals surface area contributed by atoms with E-state index in [0.29, 0.717) is 5.13 Å². The van der Waals surface area contributed by atoms with E-state index >= 15 is 0 Å². The molecule has 1 aliphatic heterocycles. The summed E-state index contributed by atoms with van der Waals surface area (Å²) >= 11 is 3.12. The molecule has 3 aromatic rings. The molecule has 0 radical (unpaired) electrons. The van der Waals surface area contributed by atoms with Crippen LogP contribution in [0.5, 0.6) is 0 Å². The summed E-state index contributed by atoms with van der Waals surface area (Å²) in [4.78, 5) is 30.1. The maximum atomic E-state index is 11.1. The maximum Gasteiger partial charge on any atom is 0.223 e. The number of hydrogen-bond donors (Lipinski definition) is 1. The number of thiazole rings is 1. The fourth-order valence-corrected chi connectivity index (χ4v) is 4.44.